The summed E-state index contributed by atoms with van der Waals surface area (Å²) in [5.41, 5.74) is 1.34. The predicted octanol–water partition coefficient (Wildman–Crippen LogP) is 1.56. The Morgan fingerprint density at radius 3 is 2.50 bits per heavy atom. The van der Waals surface area contributed by atoms with Gasteiger partial charge in [0.2, 0.25) is 0 Å². The maximum Gasteiger partial charge on any atom is 0.355 e. The minimum Gasteiger partial charge on any atom is -0.464 e. The number of carbonyl (C=O) groups is 2. The van der Waals surface area contributed by atoms with Crippen molar-refractivity contribution in [2.75, 3.05) is 19.8 Å². The first-order valence-electron chi connectivity index (χ1n) is 7.42. The average Bonchev–Trinajstić information content (AvgIpc) is 2.74. The molecule has 2 atom stereocenters. The first-order chi connectivity index (χ1) is 10.4. The van der Waals surface area contributed by atoms with Crippen LogP contribution in [0.2, 0.25) is 0 Å². The Bertz CT molecular complexity index is 558. The lowest BCUT2D eigenvalue weighted by atomic mass is 9.81. The van der Waals surface area contributed by atoms with E-state index in [-0.39, 0.29) is 18.9 Å². The molecule has 22 heavy (non-hydrogen) atoms. The van der Waals surface area contributed by atoms with Crippen molar-refractivity contribution in [1.29, 1.82) is 0 Å². The molecule has 0 aliphatic carbocycles. The number of rotatable bonds is 4. The second-order valence-electron chi connectivity index (χ2n) is 5.55. The molecule has 2 aliphatic heterocycles. The van der Waals surface area contributed by atoms with Crippen molar-refractivity contribution >= 4 is 30.3 Å². The van der Waals surface area contributed by atoms with Gasteiger partial charge in [-0.15, -0.1) is 0 Å². The zero-order chi connectivity index (χ0) is 16.5. The van der Waals surface area contributed by atoms with E-state index in [2.05, 4.69) is 17.7 Å². The molecule has 0 aromatic carbocycles. The molecule has 0 saturated carbocycles. The van der Waals surface area contributed by atoms with Crippen LogP contribution in [0, 0.1) is 0 Å². The van der Waals surface area contributed by atoms with E-state index in [0.717, 1.165) is 11.1 Å². The van der Waals surface area contributed by atoms with Crippen molar-refractivity contribution in [2.45, 2.75) is 44.9 Å². The van der Waals surface area contributed by atoms with Crippen LogP contribution in [-0.4, -0.2) is 53.2 Å². The maximum absolute atomic E-state index is 12.6. The molecule has 6 nitrogen and oxygen atoms in total. The highest BCUT2D eigenvalue weighted by atomic mass is 32.1. The zero-order valence-corrected chi connectivity index (χ0v) is 14.3. The number of fused-ring (bicyclic) bond motifs is 1. The normalized spacial score (nSPS) is 27.4. The van der Waals surface area contributed by atoms with Gasteiger partial charge in [0, 0.05) is 6.42 Å². The van der Waals surface area contributed by atoms with Gasteiger partial charge in [0.05, 0.1) is 25.0 Å². The largest absolute Gasteiger partial charge is 0.464 e. The molecule has 122 valence electrons. The lowest BCUT2D eigenvalue weighted by Gasteiger charge is -2.42. The van der Waals surface area contributed by atoms with Gasteiger partial charge < -0.3 is 9.47 Å². The van der Waals surface area contributed by atoms with E-state index < -0.39 is 22.7 Å². The summed E-state index contributed by atoms with van der Waals surface area (Å²) in [5, 5.41) is 5.30. The van der Waals surface area contributed by atoms with Crippen LogP contribution >= 0.6 is 12.6 Å². The smallest absolute Gasteiger partial charge is 0.355 e. The number of thiol groups is 1. The molecule has 0 radical (unpaired) electrons. The molecule has 0 saturated heterocycles. The molecule has 7 heteroatoms. The van der Waals surface area contributed by atoms with Gasteiger partial charge in [0.15, 0.2) is 11.3 Å². The fourth-order valence-corrected chi connectivity index (χ4v) is 3.31. The summed E-state index contributed by atoms with van der Waals surface area (Å²) in [4.78, 5) is 24.7. The highest BCUT2D eigenvalue weighted by Crippen LogP contribution is 2.42. The third-order valence-corrected chi connectivity index (χ3v) is 4.84. The van der Waals surface area contributed by atoms with Crippen LogP contribution < -0.4 is 0 Å². The van der Waals surface area contributed by atoms with Crippen molar-refractivity contribution in [3.8, 4) is 0 Å². The van der Waals surface area contributed by atoms with E-state index in [9.17, 15) is 9.59 Å². The first kappa shape index (κ1) is 16.9. The third kappa shape index (κ3) is 2.51. The summed E-state index contributed by atoms with van der Waals surface area (Å²) in [6, 6.07) is 0. The standard InChI is InChI=1S/C15H22N2O4S/c1-5-20-13(18)11-12(22)15(14(19)21-6-2)7-9(3)10(4)8-17(15)16-11/h12,22H,5-8H2,1-4H3. The fourth-order valence-electron chi connectivity index (χ4n) is 2.82. The molecule has 2 aliphatic rings. The van der Waals surface area contributed by atoms with Crippen LogP contribution in [0.1, 0.15) is 34.1 Å². The Balaban J connectivity index is 2.42. The molecular weight excluding hydrogens is 304 g/mol. The van der Waals surface area contributed by atoms with Gasteiger partial charge in [-0.3, -0.25) is 5.01 Å². The minimum atomic E-state index is -1.06. The van der Waals surface area contributed by atoms with Gasteiger partial charge in [-0.25, -0.2) is 9.59 Å². The number of hydrogen-bond donors (Lipinski definition) is 1. The molecule has 0 fully saturated rings. The van der Waals surface area contributed by atoms with E-state index in [1.807, 2.05) is 13.8 Å². The summed E-state index contributed by atoms with van der Waals surface area (Å²) in [6.45, 7) is 8.46. The van der Waals surface area contributed by atoms with Crippen LogP contribution in [0.15, 0.2) is 16.2 Å². The Kier molecular flexibility index (Phi) is 4.84. The number of nitrogens with zero attached hydrogens (tertiary/aromatic N) is 2. The highest BCUT2D eigenvalue weighted by molar-refractivity contribution is 7.82. The maximum atomic E-state index is 12.6. The number of ether oxygens (including phenoxy) is 2. The molecule has 2 unspecified atom stereocenters. The number of esters is 2. The summed E-state index contributed by atoms with van der Waals surface area (Å²) < 4.78 is 10.3. The van der Waals surface area contributed by atoms with Crippen LogP contribution in [0.3, 0.4) is 0 Å². The van der Waals surface area contributed by atoms with Crippen molar-refractivity contribution in [3.63, 3.8) is 0 Å². The second kappa shape index (κ2) is 6.32. The molecule has 2 heterocycles. The van der Waals surface area contributed by atoms with Crippen molar-refractivity contribution < 1.29 is 19.1 Å². The molecule has 0 aromatic heterocycles. The van der Waals surface area contributed by atoms with E-state index in [0.29, 0.717) is 13.0 Å². The van der Waals surface area contributed by atoms with E-state index in [1.54, 1.807) is 18.9 Å². The van der Waals surface area contributed by atoms with E-state index in [4.69, 9.17) is 9.47 Å². The van der Waals surface area contributed by atoms with Gasteiger partial charge in [-0.2, -0.15) is 17.7 Å². The SMILES string of the molecule is CCOC(=O)C1=NN2CC(C)=C(C)CC2(C(=O)OCC)C1S. The van der Waals surface area contributed by atoms with Gasteiger partial charge in [0.25, 0.3) is 0 Å². The Labute approximate surface area is 135 Å². The van der Waals surface area contributed by atoms with E-state index in [1.165, 1.54) is 0 Å². The molecule has 0 N–H and O–H groups in total. The predicted molar refractivity (Wildman–Crippen MR) is 85.9 cm³/mol. The lowest BCUT2D eigenvalue weighted by Crippen LogP contribution is -2.59. The third-order valence-electron chi connectivity index (χ3n) is 4.16. The van der Waals surface area contributed by atoms with Gasteiger partial charge in [-0.05, 0) is 27.7 Å². The van der Waals surface area contributed by atoms with Gasteiger partial charge in [-0.1, -0.05) is 11.1 Å². The molecule has 0 aromatic rings. The monoisotopic (exact) mass is 326 g/mol. The van der Waals surface area contributed by atoms with Crippen LogP contribution in [-0.2, 0) is 19.1 Å². The Hall–Kier alpha value is -1.50. The topological polar surface area (TPSA) is 68.2 Å². The summed E-state index contributed by atoms with van der Waals surface area (Å²) >= 11 is 4.53. The Morgan fingerprint density at radius 2 is 1.91 bits per heavy atom. The molecule has 0 amide bonds. The number of hydrazone groups is 1. The summed E-state index contributed by atoms with van der Waals surface area (Å²) in [5.74, 6) is -0.930. The van der Waals surface area contributed by atoms with Crippen LogP contribution in [0.5, 0.6) is 0 Å². The zero-order valence-electron chi connectivity index (χ0n) is 13.4. The minimum absolute atomic E-state index is 0.167. The van der Waals surface area contributed by atoms with Gasteiger partial charge >= 0.3 is 11.9 Å². The first-order valence-corrected chi connectivity index (χ1v) is 7.93. The molecular formula is C15H22N2O4S. The average molecular weight is 326 g/mol. The molecule has 2 rings (SSSR count). The molecule has 0 spiro atoms. The van der Waals surface area contributed by atoms with Crippen molar-refractivity contribution in [3.05, 3.63) is 11.1 Å². The fraction of sp³-hybridized carbons (Fsp3) is 0.667. The van der Waals surface area contributed by atoms with Crippen LogP contribution in [0.25, 0.3) is 0 Å². The van der Waals surface area contributed by atoms with Gasteiger partial charge in [0.1, 0.15) is 0 Å². The summed E-state index contributed by atoms with van der Waals surface area (Å²) in [6.07, 6.45) is 0.443. The molecule has 0 bridgehead atoms. The summed E-state index contributed by atoms with van der Waals surface area (Å²) in [7, 11) is 0. The van der Waals surface area contributed by atoms with Crippen LogP contribution in [0.4, 0.5) is 0 Å². The highest BCUT2D eigenvalue weighted by Gasteiger charge is 2.59. The quantitative estimate of drug-likeness (QED) is 0.482. The second-order valence-corrected chi connectivity index (χ2v) is 6.06. The van der Waals surface area contributed by atoms with E-state index >= 15 is 0 Å². The van der Waals surface area contributed by atoms with Crippen molar-refractivity contribution in [2.24, 2.45) is 5.10 Å². The number of hydrogen-bond acceptors (Lipinski definition) is 7. The van der Waals surface area contributed by atoms with Crippen molar-refractivity contribution in [1.82, 2.24) is 5.01 Å². The number of carbonyl (C=O) groups excluding carboxylic acids is 2. The lowest BCUT2D eigenvalue weighted by molar-refractivity contribution is -0.156. The Morgan fingerprint density at radius 1 is 1.27 bits per heavy atom.